The molecule has 0 spiro atoms. The number of carboxylic acids is 1. The maximum absolute atomic E-state index is 11.2. The first-order valence-corrected chi connectivity index (χ1v) is 8.41. The van der Waals surface area contributed by atoms with E-state index in [1.54, 1.807) is 25.1 Å². The van der Waals surface area contributed by atoms with Crippen LogP contribution in [0.2, 0.25) is 0 Å². The van der Waals surface area contributed by atoms with Crippen LogP contribution >= 0.6 is 11.6 Å². The number of aliphatic imine (C=N–C) groups is 1. The quantitative estimate of drug-likeness (QED) is 0.633. The van der Waals surface area contributed by atoms with Gasteiger partial charge in [0.2, 0.25) is 0 Å². The smallest absolute Gasteiger partial charge is 0.336 e. The van der Waals surface area contributed by atoms with Crippen molar-refractivity contribution in [2.75, 3.05) is 0 Å². The van der Waals surface area contributed by atoms with E-state index in [4.69, 9.17) is 16.3 Å². The second kappa shape index (κ2) is 7.51. The van der Waals surface area contributed by atoms with E-state index < -0.39 is 5.97 Å². The molecule has 3 rings (SSSR count). The number of halogens is 1. The number of rotatable bonds is 3. The van der Waals surface area contributed by atoms with E-state index in [-0.39, 0.29) is 17.6 Å². The molecule has 0 saturated carbocycles. The topological polar surface area (TPSA) is 70.9 Å². The fourth-order valence-electron chi connectivity index (χ4n) is 2.64. The summed E-state index contributed by atoms with van der Waals surface area (Å²) in [5.41, 5.74) is 1.60. The zero-order valence-electron chi connectivity index (χ0n) is 14.1. The molecule has 26 heavy (non-hydrogen) atoms. The van der Waals surface area contributed by atoms with Crippen molar-refractivity contribution in [2.24, 2.45) is 4.99 Å². The first kappa shape index (κ1) is 17.8. The maximum atomic E-state index is 11.2. The second-order valence-corrected chi connectivity index (χ2v) is 6.28. The van der Waals surface area contributed by atoms with Gasteiger partial charge in [-0.3, -0.25) is 0 Å². The van der Waals surface area contributed by atoms with Crippen LogP contribution in [0.25, 0.3) is 0 Å². The molecule has 2 aliphatic rings. The van der Waals surface area contributed by atoms with Crippen LogP contribution in [0.1, 0.15) is 22.3 Å². The maximum Gasteiger partial charge on any atom is 0.336 e. The van der Waals surface area contributed by atoms with Crippen LogP contribution in [0.15, 0.2) is 58.6 Å². The zero-order chi connectivity index (χ0) is 18.7. The number of nitrogens with one attached hydrogen (secondary N) is 1. The van der Waals surface area contributed by atoms with Crippen LogP contribution in [0, 0.1) is 18.8 Å². The molecule has 1 aromatic carbocycles. The van der Waals surface area contributed by atoms with Crippen molar-refractivity contribution < 1.29 is 14.6 Å². The Morgan fingerprint density at radius 1 is 1.50 bits per heavy atom. The Balaban J connectivity index is 1.76. The van der Waals surface area contributed by atoms with E-state index in [1.807, 2.05) is 12.2 Å². The lowest BCUT2D eigenvalue weighted by Gasteiger charge is -2.17. The SMILES string of the molecule is C=CCC#CC1=CC2NC(Oc3ccc(C)c(C(=O)O)c3)=NC2C=C1Cl. The van der Waals surface area contributed by atoms with Gasteiger partial charge >= 0.3 is 5.97 Å². The fourth-order valence-corrected chi connectivity index (χ4v) is 2.88. The van der Waals surface area contributed by atoms with Gasteiger partial charge in [-0.1, -0.05) is 35.6 Å². The van der Waals surface area contributed by atoms with Crippen molar-refractivity contribution in [3.63, 3.8) is 0 Å². The summed E-state index contributed by atoms with van der Waals surface area (Å²) in [7, 11) is 0. The van der Waals surface area contributed by atoms with Gasteiger partial charge in [-0.25, -0.2) is 9.79 Å². The number of ether oxygens (including phenoxy) is 1. The van der Waals surface area contributed by atoms with Gasteiger partial charge in [-0.05, 0) is 36.8 Å². The highest BCUT2D eigenvalue weighted by Crippen LogP contribution is 2.27. The van der Waals surface area contributed by atoms with Crippen LogP contribution in [-0.4, -0.2) is 29.2 Å². The molecule has 5 nitrogen and oxygen atoms in total. The van der Waals surface area contributed by atoms with Crippen molar-refractivity contribution in [1.29, 1.82) is 0 Å². The number of allylic oxidation sites excluding steroid dienone is 3. The molecule has 0 saturated heterocycles. The number of aromatic carboxylic acids is 1. The average Bonchev–Trinajstić information content (AvgIpc) is 2.97. The minimum atomic E-state index is -0.997. The van der Waals surface area contributed by atoms with Crippen molar-refractivity contribution >= 4 is 23.6 Å². The van der Waals surface area contributed by atoms with Gasteiger partial charge in [0.1, 0.15) is 5.75 Å². The highest BCUT2D eigenvalue weighted by Gasteiger charge is 2.31. The molecule has 1 aliphatic carbocycles. The lowest BCUT2D eigenvalue weighted by molar-refractivity contribution is 0.0695. The van der Waals surface area contributed by atoms with E-state index in [1.165, 1.54) is 6.07 Å². The summed E-state index contributed by atoms with van der Waals surface area (Å²) in [6.45, 7) is 5.37. The summed E-state index contributed by atoms with van der Waals surface area (Å²) in [6, 6.07) is 4.91. The van der Waals surface area contributed by atoms with Crippen molar-refractivity contribution in [3.05, 3.63) is 64.7 Å². The summed E-state index contributed by atoms with van der Waals surface area (Å²) in [5, 5.41) is 12.9. The van der Waals surface area contributed by atoms with Gasteiger partial charge in [0.05, 0.1) is 22.7 Å². The van der Waals surface area contributed by atoms with Crippen LogP contribution in [0.5, 0.6) is 5.75 Å². The number of hydrogen-bond acceptors (Lipinski definition) is 4. The van der Waals surface area contributed by atoms with Gasteiger partial charge in [-0.15, -0.1) is 6.58 Å². The summed E-state index contributed by atoms with van der Waals surface area (Å²) < 4.78 is 5.71. The molecule has 2 N–H and O–H groups in total. The van der Waals surface area contributed by atoms with Crippen molar-refractivity contribution in [1.82, 2.24) is 5.32 Å². The monoisotopic (exact) mass is 368 g/mol. The lowest BCUT2D eigenvalue weighted by atomic mass is 9.99. The summed E-state index contributed by atoms with van der Waals surface area (Å²) >= 11 is 6.27. The number of aryl methyl sites for hydroxylation is 1. The standard InChI is InChI=1S/C20H17ClN2O3/c1-3-4-5-6-13-9-17-18(11-16(13)21)23-20(22-17)26-14-8-7-12(2)15(10-14)19(24)25/h3,7-11,17-18H,1,4H2,2H3,(H,22,23)(H,24,25). The lowest BCUT2D eigenvalue weighted by Crippen LogP contribution is -2.36. The molecule has 6 heteroatoms. The third-order valence-corrected chi connectivity index (χ3v) is 4.30. The minimum Gasteiger partial charge on any atom is -0.478 e. The predicted molar refractivity (Wildman–Crippen MR) is 102 cm³/mol. The average molecular weight is 369 g/mol. The Labute approximate surface area is 156 Å². The molecule has 1 aliphatic heterocycles. The van der Waals surface area contributed by atoms with E-state index >= 15 is 0 Å². The van der Waals surface area contributed by atoms with Gasteiger partial charge in [-0.2, -0.15) is 0 Å². The largest absolute Gasteiger partial charge is 0.478 e. The van der Waals surface area contributed by atoms with Crippen LogP contribution in [0.3, 0.4) is 0 Å². The second-order valence-electron chi connectivity index (χ2n) is 5.87. The van der Waals surface area contributed by atoms with E-state index in [0.29, 0.717) is 28.8 Å². The molecule has 0 amide bonds. The molecule has 132 valence electrons. The highest BCUT2D eigenvalue weighted by molar-refractivity contribution is 6.32. The first-order chi connectivity index (χ1) is 12.5. The Morgan fingerprint density at radius 3 is 3.04 bits per heavy atom. The number of carbonyl (C=O) groups is 1. The Bertz CT molecular complexity index is 919. The number of carboxylic acid groups (broad SMARTS) is 1. The summed E-state index contributed by atoms with van der Waals surface area (Å²) in [5.74, 6) is 5.40. The molecule has 1 heterocycles. The predicted octanol–water partition coefficient (Wildman–Crippen LogP) is 3.41. The van der Waals surface area contributed by atoms with E-state index in [0.717, 1.165) is 5.57 Å². The number of hydrogen-bond donors (Lipinski definition) is 2. The Morgan fingerprint density at radius 2 is 2.31 bits per heavy atom. The molecular formula is C20H17ClN2O3. The normalized spacial score (nSPS) is 20.5. The van der Waals surface area contributed by atoms with Crippen LogP contribution < -0.4 is 10.1 Å². The fraction of sp³-hybridized carbons (Fsp3) is 0.200. The third-order valence-electron chi connectivity index (χ3n) is 3.97. The minimum absolute atomic E-state index is 0.107. The molecular weight excluding hydrogens is 352 g/mol. The highest BCUT2D eigenvalue weighted by atomic mass is 35.5. The number of nitrogens with zero attached hydrogens (tertiary/aromatic N) is 1. The van der Waals surface area contributed by atoms with Gasteiger partial charge < -0.3 is 15.2 Å². The summed E-state index contributed by atoms with van der Waals surface area (Å²) in [4.78, 5) is 15.7. The molecule has 0 radical (unpaired) electrons. The molecule has 1 aromatic rings. The van der Waals surface area contributed by atoms with Crippen molar-refractivity contribution in [2.45, 2.75) is 25.4 Å². The number of amidine groups is 1. The van der Waals surface area contributed by atoms with Crippen molar-refractivity contribution in [3.8, 4) is 17.6 Å². The molecule has 2 atom stereocenters. The molecule has 2 unspecified atom stereocenters. The van der Waals surface area contributed by atoms with Crippen LogP contribution in [-0.2, 0) is 0 Å². The van der Waals surface area contributed by atoms with Crippen LogP contribution in [0.4, 0.5) is 0 Å². The Kier molecular flexibility index (Phi) is 5.15. The van der Waals surface area contributed by atoms with E-state index in [2.05, 4.69) is 28.7 Å². The number of benzene rings is 1. The van der Waals surface area contributed by atoms with Gasteiger partial charge in [0, 0.05) is 12.0 Å². The zero-order valence-corrected chi connectivity index (χ0v) is 14.9. The molecule has 0 bridgehead atoms. The van der Waals surface area contributed by atoms with Gasteiger partial charge in [0.15, 0.2) is 0 Å². The summed E-state index contributed by atoms with van der Waals surface area (Å²) in [6.07, 6.45) is 6.06. The molecule has 0 fully saturated rings. The van der Waals surface area contributed by atoms with Gasteiger partial charge in [0.25, 0.3) is 6.02 Å². The first-order valence-electron chi connectivity index (χ1n) is 8.03. The molecule has 0 aromatic heterocycles. The Hall–Kier alpha value is -2.97. The third kappa shape index (κ3) is 3.81. The number of fused-ring (bicyclic) bond motifs is 1. The van der Waals surface area contributed by atoms with E-state index in [9.17, 15) is 9.90 Å².